The third kappa shape index (κ3) is 5.98. The lowest BCUT2D eigenvalue weighted by Gasteiger charge is -2.32. The number of anilines is 5. The van der Waals surface area contributed by atoms with Crippen LogP contribution < -0.4 is 36.2 Å². The maximum absolute atomic E-state index is 12.3. The molecule has 13 heteroatoms. The summed E-state index contributed by atoms with van der Waals surface area (Å²) in [5.74, 6) is 1.71. The van der Waals surface area contributed by atoms with E-state index >= 15 is 0 Å². The van der Waals surface area contributed by atoms with Gasteiger partial charge < -0.3 is 35.3 Å². The minimum Gasteiger partial charge on any atom is -0.494 e. The fourth-order valence-electron chi connectivity index (χ4n) is 3.74. The number of hydrogen-bond donors (Lipinski definition) is 3. The van der Waals surface area contributed by atoms with Crippen molar-refractivity contribution in [2.45, 2.75) is 18.9 Å². The molecule has 2 aromatic heterocycles. The molecule has 0 saturated carbocycles. The van der Waals surface area contributed by atoms with E-state index in [2.05, 4.69) is 35.5 Å². The van der Waals surface area contributed by atoms with Crippen LogP contribution in [0.15, 0.2) is 30.6 Å². The molecule has 0 aliphatic carbocycles. The standard InChI is InChI=1S/C23H30ClN8O3P/c1-34-18-11-15(32-9-7-14(25)8-10-32)5-6-17(18)28-20-16(24)12-27-23(30-20)31-21-22(35-2)29-19(13-26-21)36(3,4)33/h5-6,11-14H,7-10,25H2,1-4H3,(H2,26,27,28,30,31). The van der Waals surface area contributed by atoms with Crippen LogP contribution in [0, 0.1) is 0 Å². The van der Waals surface area contributed by atoms with Crippen LogP contribution in [-0.4, -0.2) is 66.6 Å². The van der Waals surface area contributed by atoms with E-state index in [4.69, 9.17) is 26.8 Å². The van der Waals surface area contributed by atoms with Gasteiger partial charge in [-0.3, -0.25) is 0 Å². The van der Waals surface area contributed by atoms with Gasteiger partial charge in [-0.2, -0.15) is 4.98 Å². The number of ether oxygens (including phenoxy) is 2. The number of halogens is 1. The zero-order valence-electron chi connectivity index (χ0n) is 20.7. The first-order valence-electron chi connectivity index (χ1n) is 11.4. The van der Waals surface area contributed by atoms with Crippen LogP contribution in [0.2, 0.25) is 5.02 Å². The van der Waals surface area contributed by atoms with Gasteiger partial charge >= 0.3 is 0 Å². The number of nitrogens with two attached hydrogens (primary N) is 1. The zero-order valence-corrected chi connectivity index (χ0v) is 22.3. The molecule has 0 amide bonds. The Labute approximate surface area is 215 Å². The molecule has 0 unspecified atom stereocenters. The van der Waals surface area contributed by atoms with Gasteiger partial charge in [0, 0.05) is 30.9 Å². The Bertz CT molecular complexity index is 1280. The SMILES string of the molecule is COc1cc(N2CCC(N)CC2)ccc1Nc1nc(Nc2ncc(P(C)(C)=O)nc2OC)ncc1Cl. The van der Waals surface area contributed by atoms with Crippen molar-refractivity contribution in [3.8, 4) is 11.6 Å². The quantitative estimate of drug-likeness (QED) is 0.366. The summed E-state index contributed by atoms with van der Waals surface area (Å²) in [6, 6.07) is 6.19. The summed E-state index contributed by atoms with van der Waals surface area (Å²) in [5.41, 5.74) is 8.17. The lowest BCUT2D eigenvalue weighted by atomic mass is 10.1. The van der Waals surface area contributed by atoms with Gasteiger partial charge in [0.25, 0.3) is 5.88 Å². The van der Waals surface area contributed by atoms with Crippen molar-refractivity contribution in [1.82, 2.24) is 19.9 Å². The van der Waals surface area contributed by atoms with Crippen molar-refractivity contribution in [2.24, 2.45) is 5.73 Å². The molecule has 1 aliphatic heterocycles. The summed E-state index contributed by atoms with van der Waals surface area (Å²) in [4.78, 5) is 19.6. The summed E-state index contributed by atoms with van der Waals surface area (Å²) in [5, 5.41) is 6.53. The molecule has 1 saturated heterocycles. The van der Waals surface area contributed by atoms with Gasteiger partial charge in [-0.05, 0) is 38.3 Å². The van der Waals surface area contributed by atoms with E-state index in [1.807, 2.05) is 18.2 Å². The van der Waals surface area contributed by atoms with Crippen LogP contribution in [0.3, 0.4) is 0 Å². The second-order valence-corrected chi connectivity index (χ2v) is 12.4. The van der Waals surface area contributed by atoms with E-state index in [9.17, 15) is 4.57 Å². The number of nitrogens with zero attached hydrogens (tertiary/aromatic N) is 5. The summed E-state index contributed by atoms with van der Waals surface area (Å²) in [6.07, 6.45) is 4.84. The van der Waals surface area contributed by atoms with Gasteiger partial charge in [0.2, 0.25) is 5.95 Å². The summed E-state index contributed by atoms with van der Waals surface area (Å²) >= 11 is 6.38. The van der Waals surface area contributed by atoms with Gasteiger partial charge in [-0.25, -0.2) is 15.0 Å². The number of rotatable bonds is 8. The van der Waals surface area contributed by atoms with Crippen LogP contribution in [-0.2, 0) is 4.57 Å². The number of aromatic nitrogens is 4. The van der Waals surface area contributed by atoms with Gasteiger partial charge in [-0.1, -0.05) is 11.6 Å². The van der Waals surface area contributed by atoms with Crippen molar-refractivity contribution in [3.63, 3.8) is 0 Å². The van der Waals surface area contributed by atoms with Crippen LogP contribution in [0.5, 0.6) is 11.6 Å². The number of piperidine rings is 1. The lowest BCUT2D eigenvalue weighted by Crippen LogP contribution is -2.39. The number of methoxy groups -OCH3 is 2. The molecule has 1 fully saturated rings. The summed E-state index contributed by atoms with van der Waals surface area (Å²) in [6.45, 7) is 5.05. The average Bonchev–Trinajstić information content (AvgIpc) is 2.86. The fraction of sp³-hybridized carbons (Fsp3) is 0.391. The van der Waals surface area contributed by atoms with E-state index in [0.29, 0.717) is 27.7 Å². The zero-order chi connectivity index (χ0) is 25.9. The maximum Gasteiger partial charge on any atom is 0.258 e. The smallest absolute Gasteiger partial charge is 0.258 e. The van der Waals surface area contributed by atoms with E-state index < -0.39 is 7.14 Å². The molecule has 0 spiro atoms. The molecule has 1 aromatic carbocycles. The van der Waals surface area contributed by atoms with Crippen molar-refractivity contribution in [1.29, 1.82) is 0 Å². The predicted octanol–water partition coefficient (Wildman–Crippen LogP) is 3.60. The van der Waals surface area contributed by atoms with E-state index in [-0.39, 0.29) is 23.7 Å². The van der Waals surface area contributed by atoms with Crippen molar-refractivity contribution < 1.29 is 14.0 Å². The highest BCUT2D eigenvalue weighted by molar-refractivity contribution is 7.69. The molecular weight excluding hydrogens is 503 g/mol. The molecule has 3 heterocycles. The second-order valence-electron chi connectivity index (χ2n) is 8.79. The molecule has 0 radical (unpaired) electrons. The maximum atomic E-state index is 12.3. The number of hydrogen-bond acceptors (Lipinski definition) is 11. The van der Waals surface area contributed by atoms with Crippen LogP contribution in [0.1, 0.15) is 12.8 Å². The van der Waals surface area contributed by atoms with Crippen LogP contribution >= 0.6 is 18.7 Å². The van der Waals surface area contributed by atoms with Crippen LogP contribution in [0.4, 0.5) is 29.0 Å². The first-order chi connectivity index (χ1) is 17.2. The lowest BCUT2D eigenvalue weighted by molar-refractivity contribution is 0.399. The van der Waals surface area contributed by atoms with Gasteiger partial charge in [-0.15, -0.1) is 0 Å². The molecule has 3 aromatic rings. The monoisotopic (exact) mass is 532 g/mol. The molecule has 0 atom stereocenters. The first-order valence-corrected chi connectivity index (χ1v) is 14.4. The number of benzene rings is 1. The van der Waals surface area contributed by atoms with Crippen molar-refractivity contribution in [2.75, 3.05) is 56.2 Å². The third-order valence-electron chi connectivity index (χ3n) is 5.79. The van der Waals surface area contributed by atoms with Crippen molar-refractivity contribution >= 4 is 53.1 Å². The minimum atomic E-state index is -2.60. The van der Waals surface area contributed by atoms with Crippen molar-refractivity contribution in [3.05, 3.63) is 35.6 Å². The minimum absolute atomic E-state index is 0.181. The fourth-order valence-corrected chi connectivity index (χ4v) is 4.54. The Morgan fingerprint density at radius 3 is 2.47 bits per heavy atom. The van der Waals surface area contributed by atoms with E-state index in [1.54, 1.807) is 20.4 Å². The highest BCUT2D eigenvalue weighted by atomic mass is 35.5. The highest BCUT2D eigenvalue weighted by Gasteiger charge is 2.20. The molecule has 11 nitrogen and oxygen atoms in total. The summed E-state index contributed by atoms with van der Waals surface area (Å²) in [7, 11) is 0.476. The normalized spacial score (nSPS) is 14.4. The molecule has 4 N–H and O–H groups in total. The van der Waals surface area contributed by atoms with Gasteiger partial charge in [0.05, 0.1) is 32.3 Å². The Balaban J connectivity index is 1.56. The highest BCUT2D eigenvalue weighted by Crippen LogP contribution is 2.36. The van der Waals surface area contributed by atoms with Crippen LogP contribution in [0.25, 0.3) is 0 Å². The Morgan fingerprint density at radius 2 is 1.81 bits per heavy atom. The first kappa shape index (κ1) is 25.9. The van der Waals surface area contributed by atoms with Gasteiger partial charge in [0.1, 0.15) is 23.3 Å². The predicted molar refractivity (Wildman–Crippen MR) is 144 cm³/mol. The Morgan fingerprint density at radius 1 is 1.06 bits per heavy atom. The second kappa shape index (κ2) is 10.9. The summed E-state index contributed by atoms with van der Waals surface area (Å²) < 4.78 is 23.3. The average molecular weight is 533 g/mol. The van der Waals surface area contributed by atoms with E-state index in [1.165, 1.54) is 19.5 Å². The molecule has 1 aliphatic rings. The Kier molecular flexibility index (Phi) is 7.82. The molecule has 4 rings (SSSR count). The largest absolute Gasteiger partial charge is 0.494 e. The number of nitrogens with one attached hydrogen (secondary N) is 2. The molecule has 192 valence electrons. The molecule has 36 heavy (non-hydrogen) atoms. The molecular formula is C23H30ClN8O3P. The third-order valence-corrected chi connectivity index (χ3v) is 7.39. The Hall–Kier alpha value is -3.14. The molecule has 0 bridgehead atoms. The van der Waals surface area contributed by atoms with Gasteiger partial charge in [0.15, 0.2) is 11.6 Å². The van der Waals surface area contributed by atoms with E-state index in [0.717, 1.165) is 31.6 Å². The topological polar surface area (TPSA) is 140 Å².